The van der Waals surface area contributed by atoms with Crippen LogP contribution in [0.1, 0.15) is 11.4 Å². The number of nitrogens with zero attached hydrogens (tertiary/aromatic N) is 3. The van der Waals surface area contributed by atoms with Gasteiger partial charge in [0.25, 0.3) is 0 Å². The van der Waals surface area contributed by atoms with Crippen LogP contribution in [0.4, 0.5) is 17.5 Å². The standard InChI is InChI=1S/C23H21N5O/c1-17-15-22(28-23(26-17)25-16-18-9-7-8-14-24-18)27-20-12-5-6-13-21(20)29-19-10-3-2-4-11-19/h2-15H,16H2,1H3,(H2,25,26,27,28). The minimum absolute atomic E-state index is 0.541. The molecule has 6 nitrogen and oxygen atoms in total. The number of benzene rings is 2. The van der Waals surface area contributed by atoms with E-state index in [0.717, 1.165) is 28.6 Å². The van der Waals surface area contributed by atoms with Crippen LogP contribution in [0.3, 0.4) is 0 Å². The fraction of sp³-hybridized carbons (Fsp3) is 0.0870. The van der Waals surface area contributed by atoms with Gasteiger partial charge in [-0.3, -0.25) is 4.98 Å². The van der Waals surface area contributed by atoms with Gasteiger partial charge in [-0.15, -0.1) is 0 Å². The molecule has 2 aromatic carbocycles. The number of hydrogen-bond donors (Lipinski definition) is 2. The van der Waals surface area contributed by atoms with Gasteiger partial charge >= 0.3 is 0 Å². The number of rotatable bonds is 7. The van der Waals surface area contributed by atoms with Crippen molar-refractivity contribution in [3.8, 4) is 11.5 Å². The number of aromatic nitrogens is 3. The molecule has 2 aromatic heterocycles. The normalized spacial score (nSPS) is 10.4. The van der Waals surface area contributed by atoms with E-state index in [0.29, 0.717) is 18.3 Å². The largest absolute Gasteiger partial charge is 0.455 e. The van der Waals surface area contributed by atoms with E-state index in [1.54, 1.807) is 6.20 Å². The Labute approximate surface area is 169 Å². The van der Waals surface area contributed by atoms with Crippen molar-refractivity contribution in [2.75, 3.05) is 10.6 Å². The molecule has 0 amide bonds. The van der Waals surface area contributed by atoms with Crippen molar-refractivity contribution in [2.24, 2.45) is 0 Å². The van der Waals surface area contributed by atoms with Gasteiger partial charge in [0, 0.05) is 18.0 Å². The first-order chi connectivity index (χ1) is 14.3. The van der Waals surface area contributed by atoms with Gasteiger partial charge < -0.3 is 15.4 Å². The zero-order chi connectivity index (χ0) is 19.9. The summed E-state index contributed by atoms with van der Waals surface area (Å²) in [5, 5.41) is 6.57. The van der Waals surface area contributed by atoms with Crippen LogP contribution in [-0.4, -0.2) is 15.0 Å². The number of aryl methyl sites for hydroxylation is 1. The minimum Gasteiger partial charge on any atom is -0.455 e. The summed E-state index contributed by atoms with van der Waals surface area (Å²) < 4.78 is 6.02. The van der Waals surface area contributed by atoms with E-state index in [2.05, 4.69) is 25.6 Å². The molecule has 0 aliphatic heterocycles. The number of anilines is 3. The lowest BCUT2D eigenvalue weighted by atomic mass is 10.2. The van der Waals surface area contributed by atoms with Crippen molar-refractivity contribution in [3.05, 3.63) is 96.4 Å². The Morgan fingerprint density at radius 3 is 2.48 bits per heavy atom. The molecule has 4 aromatic rings. The summed E-state index contributed by atoms with van der Waals surface area (Å²) in [5.74, 6) is 2.72. The van der Waals surface area contributed by atoms with E-state index >= 15 is 0 Å². The predicted octanol–water partition coefficient (Wildman–Crippen LogP) is 5.33. The van der Waals surface area contributed by atoms with Crippen LogP contribution in [0, 0.1) is 6.92 Å². The highest BCUT2D eigenvalue weighted by atomic mass is 16.5. The van der Waals surface area contributed by atoms with Crippen molar-refractivity contribution in [1.82, 2.24) is 15.0 Å². The lowest BCUT2D eigenvalue weighted by Gasteiger charge is -2.14. The zero-order valence-corrected chi connectivity index (χ0v) is 16.0. The molecule has 0 spiro atoms. The lowest BCUT2D eigenvalue weighted by Crippen LogP contribution is -2.07. The Kier molecular flexibility index (Phi) is 5.62. The topological polar surface area (TPSA) is 72.0 Å². The van der Waals surface area contributed by atoms with Crippen molar-refractivity contribution in [1.29, 1.82) is 0 Å². The Balaban J connectivity index is 1.51. The Morgan fingerprint density at radius 2 is 1.66 bits per heavy atom. The molecule has 0 fully saturated rings. The summed E-state index contributed by atoms with van der Waals surface area (Å²) in [6.45, 7) is 2.49. The fourth-order valence-corrected chi connectivity index (χ4v) is 2.80. The van der Waals surface area contributed by atoms with Gasteiger partial charge in [0.1, 0.15) is 11.6 Å². The van der Waals surface area contributed by atoms with Crippen LogP contribution < -0.4 is 15.4 Å². The highest BCUT2D eigenvalue weighted by Crippen LogP contribution is 2.31. The van der Waals surface area contributed by atoms with Crippen LogP contribution >= 0.6 is 0 Å². The number of nitrogens with one attached hydrogen (secondary N) is 2. The van der Waals surface area contributed by atoms with Gasteiger partial charge in [0.05, 0.1) is 17.9 Å². The molecule has 6 heteroatoms. The molecule has 0 bridgehead atoms. The third-order valence-corrected chi connectivity index (χ3v) is 4.13. The van der Waals surface area contributed by atoms with Crippen LogP contribution in [0.5, 0.6) is 11.5 Å². The molecule has 0 aliphatic rings. The minimum atomic E-state index is 0.541. The third kappa shape index (κ3) is 5.07. The summed E-state index contributed by atoms with van der Waals surface area (Å²) in [6, 6.07) is 25.2. The Bertz CT molecular complexity index is 1070. The van der Waals surface area contributed by atoms with E-state index in [4.69, 9.17) is 4.74 Å². The molecular formula is C23H21N5O. The van der Waals surface area contributed by atoms with Gasteiger partial charge in [-0.1, -0.05) is 36.4 Å². The van der Waals surface area contributed by atoms with E-state index in [1.807, 2.05) is 85.8 Å². The van der Waals surface area contributed by atoms with Gasteiger partial charge in [0.2, 0.25) is 5.95 Å². The second kappa shape index (κ2) is 8.84. The summed E-state index contributed by atoms with van der Waals surface area (Å²) in [5.41, 5.74) is 2.60. The quantitative estimate of drug-likeness (QED) is 0.449. The van der Waals surface area contributed by atoms with Crippen molar-refractivity contribution >= 4 is 17.5 Å². The molecule has 4 rings (SSSR count). The molecule has 0 unspecified atom stereocenters. The fourth-order valence-electron chi connectivity index (χ4n) is 2.80. The maximum atomic E-state index is 6.02. The second-order valence-electron chi connectivity index (χ2n) is 6.43. The van der Waals surface area contributed by atoms with E-state index in [-0.39, 0.29) is 0 Å². The van der Waals surface area contributed by atoms with Gasteiger partial charge in [-0.25, -0.2) is 4.98 Å². The lowest BCUT2D eigenvalue weighted by molar-refractivity contribution is 0.485. The van der Waals surface area contributed by atoms with Crippen molar-refractivity contribution < 1.29 is 4.74 Å². The molecule has 0 saturated carbocycles. The molecule has 2 heterocycles. The van der Waals surface area contributed by atoms with Crippen LogP contribution in [-0.2, 0) is 6.54 Å². The molecule has 0 atom stereocenters. The summed E-state index contributed by atoms with van der Waals surface area (Å²) >= 11 is 0. The second-order valence-corrected chi connectivity index (χ2v) is 6.43. The molecule has 0 saturated heterocycles. The smallest absolute Gasteiger partial charge is 0.225 e. The SMILES string of the molecule is Cc1cc(Nc2ccccc2Oc2ccccc2)nc(NCc2ccccn2)n1. The summed E-state index contributed by atoms with van der Waals surface area (Å²) in [7, 11) is 0. The van der Waals surface area contributed by atoms with Crippen LogP contribution in [0.2, 0.25) is 0 Å². The maximum absolute atomic E-state index is 6.02. The van der Waals surface area contributed by atoms with Crippen LogP contribution in [0.15, 0.2) is 85.1 Å². The van der Waals surface area contributed by atoms with Crippen LogP contribution in [0.25, 0.3) is 0 Å². The summed E-state index contributed by atoms with van der Waals surface area (Å²) in [4.78, 5) is 13.3. The first-order valence-electron chi connectivity index (χ1n) is 9.35. The van der Waals surface area contributed by atoms with Gasteiger partial charge in [-0.05, 0) is 43.3 Å². The molecular weight excluding hydrogens is 362 g/mol. The number of para-hydroxylation sites is 3. The average molecular weight is 383 g/mol. The van der Waals surface area contributed by atoms with E-state index < -0.39 is 0 Å². The predicted molar refractivity (Wildman–Crippen MR) is 115 cm³/mol. The third-order valence-electron chi connectivity index (χ3n) is 4.13. The number of ether oxygens (including phenoxy) is 1. The molecule has 29 heavy (non-hydrogen) atoms. The zero-order valence-electron chi connectivity index (χ0n) is 16.0. The van der Waals surface area contributed by atoms with E-state index in [9.17, 15) is 0 Å². The van der Waals surface area contributed by atoms with Crippen molar-refractivity contribution in [3.63, 3.8) is 0 Å². The average Bonchev–Trinajstić information content (AvgIpc) is 2.75. The monoisotopic (exact) mass is 383 g/mol. The number of pyridine rings is 1. The highest BCUT2D eigenvalue weighted by Gasteiger charge is 2.08. The first-order valence-corrected chi connectivity index (χ1v) is 9.35. The highest BCUT2D eigenvalue weighted by molar-refractivity contribution is 5.65. The molecule has 0 radical (unpaired) electrons. The maximum Gasteiger partial charge on any atom is 0.225 e. The summed E-state index contributed by atoms with van der Waals surface area (Å²) in [6.07, 6.45) is 1.77. The number of hydrogen-bond acceptors (Lipinski definition) is 6. The van der Waals surface area contributed by atoms with Crippen molar-refractivity contribution in [2.45, 2.75) is 13.5 Å². The first kappa shape index (κ1) is 18.4. The van der Waals surface area contributed by atoms with E-state index in [1.165, 1.54) is 0 Å². The van der Waals surface area contributed by atoms with Gasteiger partial charge in [-0.2, -0.15) is 4.98 Å². The van der Waals surface area contributed by atoms with Gasteiger partial charge in [0.15, 0.2) is 5.75 Å². The molecule has 2 N–H and O–H groups in total. The Morgan fingerprint density at radius 1 is 0.862 bits per heavy atom. The molecule has 144 valence electrons. The Hall–Kier alpha value is -3.93. The molecule has 0 aliphatic carbocycles.